The minimum atomic E-state index is -0.695. The number of nitrogens with zero attached hydrogens (tertiary/aromatic N) is 2. The van der Waals surface area contributed by atoms with Crippen LogP contribution >= 0.6 is 11.6 Å². The molecule has 30 heavy (non-hydrogen) atoms. The van der Waals surface area contributed by atoms with E-state index in [1.807, 2.05) is 6.20 Å². The Morgan fingerprint density at radius 3 is 2.83 bits per heavy atom. The second-order valence-electron chi connectivity index (χ2n) is 7.42. The number of allylic oxidation sites excluding steroid dienone is 4. The van der Waals surface area contributed by atoms with Gasteiger partial charge >= 0.3 is 5.97 Å². The number of hydrogen-bond donors (Lipinski definition) is 2. The van der Waals surface area contributed by atoms with Gasteiger partial charge in [-0.3, -0.25) is 0 Å². The molecule has 0 spiro atoms. The van der Waals surface area contributed by atoms with Crippen LogP contribution in [0.25, 0.3) is 0 Å². The van der Waals surface area contributed by atoms with E-state index in [1.54, 1.807) is 6.20 Å². The van der Waals surface area contributed by atoms with Crippen molar-refractivity contribution in [1.29, 1.82) is 0 Å². The fourth-order valence-electron chi connectivity index (χ4n) is 3.79. The van der Waals surface area contributed by atoms with Crippen molar-refractivity contribution >= 4 is 17.6 Å². The molecule has 0 amide bonds. The Bertz CT molecular complexity index is 949. The Kier molecular flexibility index (Phi) is 7.57. The zero-order chi connectivity index (χ0) is 21.5. The number of hydrogen-bond acceptors (Lipinski definition) is 5. The lowest BCUT2D eigenvalue weighted by Gasteiger charge is -2.14. The predicted octanol–water partition coefficient (Wildman–Crippen LogP) is 4.82. The van der Waals surface area contributed by atoms with Crippen molar-refractivity contribution in [3.8, 4) is 11.5 Å². The molecule has 0 saturated carbocycles. The summed E-state index contributed by atoms with van der Waals surface area (Å²) in [4.78, 5) is 16.5. The number of halogens is 1. The number of ether oxygens (including phenoxy) is 1. The van der Waals surface area contributed by atoms with E-state index in [1.165, 1.54) is 13.5 Å². The highest BCUT2D eigenvalue weighted by Crippen LogP contribution is 2.37. The van der Waals surface area contributed by atoms with Gasteiger partial charge < -0.3 is 19.5 Å². The molecular formula is C23H27ClN2O4. The Labute approximate surface area is 181 Å². The third-order valence-corrected chi connectivity index (χ3v) is 5.83. The number of carbonyl (C=O) groups is 1. The summed E-state index contributed by atoms with van der Waals surface area (Å²) in [7, 11) is 1.23. The van der Waals surface area contributed by atoms with Gasteiger partial charge in [0.2, 0.25) is 0 Å². The number of aryl methyl sites for hydroxylation is 2. The number of unbranched alkanes of at least 4 members (excludes halogenated alkanes) is 1. The van der Waals surface area contributed by atoms with Gasteiger partial charge in [-0.1, -0.05) is 42.3 Å². The zero-order valence-corrected chi connectivity index (χ0v) is 17.8. The molecule has 1 atom stereocenters. The maximum absolute atomic E-state index is 12.1. The number of methoxy groups -OCH3 is 1. The van der Waals surface area contributed by atoms with Crippen LogP contribution in [0.3, 0.4) is 0 Å². The summed E-state index contributed by atoms with van der Waals surface area (Å²) >= 11 is 6.22. The fraction of sp³-hybridized carbons (Fsp3) is 0.391. The van der Waals surface area contributed by atoms with E-state index in [0.29, 0.717) is 24.3 Å². The van der Waals surface area contributed by atoms with Crippen LogP contribution in [-0.4, -0.2) is 32.8 Å². The van der Waals surface area contributed by atoms with Crippen molar-refractivity contribution in [2.75, 3.05) is 7.11 Å². The Morgan fingerprint density at radius 2 is 2.10 bits per heavy atom. The lowest BCUT2D eigenvalue weighted by molar-refractivity contribution is 0.0596. The molecular weight excluding hydrogens is 404 g/mol. The number of aromatic hydroxyl groups is 2. The summed E-state index contributed by atoms with van der Waals surface area (Å²) in [6, 6.07) is 1.05. The van der Waals surface area contributed by atoms with Gasteiger partial charge in [-0.15, -0.1) is 0 Å². The van der Waals surface area contributed by atoms with Crippen molar-refractivity contribution in [2.24, 2.45) is 5.92 Å². The lowest BCUT2D eigenvalue weighted by atomic mass is 9.95. The maximum Gasteiger partial charge on any atom is 0.341 e. The smallest absolute Gasteiger partial charge is 0.341 e. The van der Waals surface area contributed by atoms with Crippen LogP contribution in [0.5, 0.6) is 11.5 Å². The van der Waals surface area contributed by atoms with Crippen LogP contribution < -0.4 is 0 Å². The van der Waals surface area contributed by atoms with Crippen molar-refractivity contribution in [1.82, 2.24) is 9.55 Å². The van der Waals surface area contributed by atoms with Crippen LogP contribution in [0.4, 0.5) is 0 Å². The van der Waals surface area contributed by atoms with E-state index in [9.17, 15) is 15.0 Å². The number of esters is 1. The average Bonchev–Trinajstić information content (AvgIpc) is 3.20. The second kappa shape index (κ2) is 10.3. The van der Waals surface area contributed by atoms with Gasteiger partial charge in [-0.2, -0.15) is 0 Å². The van der Waals surface area contributed by atoms with Crippen LogP contribution in [0.1, 0.15) is 47.4 Å². The van der Waals surface area contributed by atoms with E-state index in [2.05, 4.69) is 33.9 Å². The quantitative estimate of drug-likeness (QED) is 0.440. The topological polar surface area (TPSA) is 84.6 Å². The first-order valence-corrected chi connectivity index (χ1v) is 10.5. The molecule has 160 valence electrons. The monoisotopic (exact) mass is 430 g/mol. The summed E-state index contributed by atoms with van der Waals surface area (Å²) < 4.78 is 6.86. The van der Waals surface area contributed by atoms with Gasteiger partial charge in [-0.25, -0.2) is 9.78 Å². The summed E-state index contributed by atoms with van der Waals surface area (Å²) in [6.07, 6.45) is 17.7. The first-order chi connectivity index (χ1) is 14.5. The van der Waals surface area contributed by atoms with Gasteiger partial charge in [0.1, 0.15) is 22.9 Å². The normalized spacial score (nSPS) is 15.5. The van der Waals surface area contributed by atoms with E-state index >= 15 is 0 Å². The molecule has 1 aromatic heterocycles. The van der Waals surface area contributed by atoms with Gasteiger partial charge in [0.05, 0.1) is 12.1 Å². The highest BCUT2D eigenvalue weighted by Gasteiger charge is 2.23. The lowest BCUT2D eigenvalue weighted by Crippen LogP contribution is -2.10. The molecule has 1 aromatic carbocycles. The van der Waals surface area contributed by atoms with Crippen molar-refractivity contribution in [3.63, 3.8) is 0 Å². The Hall–Kier alpha value is -2.73. The molecule has 1 unspecified atom stereocenters. The van der Waals surface area contributed by atoms with Crippen molar-refractivity contribution in [2.45, 2.75) is 45.1 Å². The summed E-state index contributed by atoms with van der Waals surface area (Å²) in [6.45, 7) is 0.866. The predicted molar refractivity (Wildman–Crippen MR) is 116 cm³/mol. The molecule has 0 bridgehead atoms. The number of phenolic OH excluding ortho intramolecular Hbond substituents is 2. The molecule has 0 saturated heterocycles. The van der Waals surface area contributed by atoms with Crippen LogP contribution in [-0.2, 0) is 24.1 Å². The summed E-state index contributed by atoms with van der Waals surface area (Å²) in [5.74, 6) is 0.180. The minimum Gasteiger partial charge on any atom is -0.507 e. The zero-order valence-electron chi connectivity index (χ0n) is 17.1. The van der Waals surface area contributed by atoms with Gasteiger partial charge in [0.25, 0.3) is 0 Å². The standard InChI is InChI=1S/C23H27ClN2O4/c1-30-23(29)21-17(22(24)19(28)15-18(21)27)10-11-20-25-12-14-26(20)13-6-5-9-16-7-3-2-4-8-16/h2-4,7,12,14-16,27-28H,5-6,8-11,13H2,1H3. The van der Waals surface area contributed by atoms with Crippen molar-refractivity contribution in [3.05, 3.63) is 64.7 Å². The fourth-order valence-corrected chi connectivity index (χ4v) is 4.04. The molecule has 0 fully saturated rings. The molecule has 0 radical (unpaired) electrons. The first-order valence-electron chi connectivity index (χ1n) is 10.2. The maximum atomic E-state index is 12.1. The highest BCUT2D eigenvalue weighted by molar-refractivity contribution is 6.33. The van der Waals surface area contributed by atoms with E-state index in [0.717, 1.165) is 37.7 Å². The number of benzene rings is 1. The van der Waals surface area contributed by atoms with Gasteiger partial charge in [-0.05, 0) is 37.2 Å². The second-order valence-corrected chi connectivity index (χ2v) is 7.79. The van der Waals surface area contributed by atoms with Gasteiger partial charge in [0, 0.05) is 31.4 Å². The molecule has 0 aliphatic heterocycles. The number of carbonyl (C=O) groups excluding carboxylic acids is 1. The third-order valence-electron chi connectivity index (χ3n) is 5.40. The summed E-state index contributed by atoms with van der Waals surface area (Å²) in [5.41, 5.74) is 0.334. The van der Waals surface area contributed by atoms with E-state index in [-0.39, 0.29) is 22.1 Å². The van der Waals surface area contributed by atoms with Crippen LogP contribution in [0.15, 0.2) is 42.8 Å². The van der Waals surface area contributed by atoms with Crippen molar-refractivity contribution < 1.29 is 19.7 Å². The van der Waals surface area contributed by atoms with Gasteiger partial charge in [0.15, 0.2) is 0 Å². The van der Waals surface area contributed by atoms with E-state index in [4.69, 9.17) is 16.3 Å². The largest absolute Gasteiger partial charge is 0.507 e. The van der Waals surface area contributed by atoms with Crippen LogP contribution in [0.2, 0.25) is 5.02 Å². The Balaban J connectivity index is 1.62. The molecule has 2 N–H and O–H groups in total. The number of phenols is 2. The average molecular weight is 431 g/mol. The summed E-state index contributed by atoms with van der Waals surface area (Å²) in [5, 5.41) is 20.1. The molecule has 3 rings (SSSR count). The van der Waals surface area contributed by atoms with Crippen LogP contribution in [0, 0.1) is 5.92 Å². The number of aromatic nitrogens is 2. The molecule has 7 heteroatoms. The molecule has 1 aliphatic carbocycles. The molecule has 1 heterocycles. The molecule has 2 aromatic rings. The third kappa shape index (κ3) is 5.25. The SMILES string of the molecule is COC(=O)c1c(O)cc(O)c(Cl)c1CCc1nccn1CCCCC1C=CC=CC1. The highest BCUT2D eigenvalue weighted by atomic mass is 35.5. The number of rotatable bonds is 9. The van der Waals surface area contributed by atoms with E-state index < -0.39 is 5.97 Å². The Morgan fingerprint density at radius 1 is 1.27 bits per heavy atom. The number of imidazole rings is 1. The molecule has 6 nitrogen and oxygen atoms in total. The molecule has 1 aliphatic rings. The first kappa shape index (κ1) is 22.0. The minimum absolute atomic E-state index is 0.0204.